The predicted octanol–water partition coefficient (Wildman–Crippen LogP) is 8.86. The van der Waals surface area contributed by atoms with Crippen LogP contribution in [0.4, 0.5) is 0 Å². The molecule has 0 saturated heterocycles. The molecule has 0 bridgehead atoms. The van der Waals surface area contributed by atoms with Gasteiger partial charge in [0.25, 0.3) is 0 Å². The van der Waals surface area contributed by atoms with E-state index in [9.17, 15) is 0 Å². The van der Waals surface area contributed by atoms with Crippen LogP contribution in [0.15, 0.2) is 59.7 Å². The quantitative estimate of drug-likeness (QED) is 0.439. The maximum atomic E-state index is 2.28. The number of allylic oxidation sites excluding steroid dienone is 3. The van der Waals surface area contributed by atoms with Crippen molar-refractivity contribution >= 4 is 11.6 Å². The van der Waals surface area contributed by atoms with Gasteiger partial charge in [0.15, 0.2) is 0 Å². The van der Waals surface area contributed by atoms with Crippen molar-refractivity contribution in [2.45, 2.75) is 74.1 Å². The summed E-state index contributed by atoms with van der Waals surface area (Å²) in [4.78, 5) is 0. The van der Waals surface area contributed by atoms with Crippen molar-refractivity contribution in [1.29, 1.82) is 0 Å². The lowest BCUT2D eigenvalue weighted by Gasteiger charge is -2.05. The van der Waals surface area contributed by atoms with E-state index in [1.165, 1.54) is 39.0 Å². The molecule has 0 aliphatic heterocycles. The van der Waals surface area contributed by atoms with E-state index in [2.05, 4.69) is 89.2 Å². The Morgan fingerprint density at radius 3 is 1.70 bits per heavy atom. The minimum atomic E-state index is 0.626. The molecule has 0 heteroatoms. The number of fused-ring (bicyclic) bond motifs is 2. The molecule has 2 aliphatic carbocycles. The number of rotatable bonds is 0. The van der Waals surface area contributed by atoms with Gasteiger partial charge in [0.05, 0.1) is 0 Å². The summed E-state index contributed by atoms with van der Waals surface area (Å²) in [5.41, 5.74) is 10.3. The van der Waals surface area contributed by atoms with Crippen molar-refractivity contribution in [2.75, 3.05) is 0 Å². The molecule has 0 heterocycles. The Balaban J connectivity index is 0.000000229. The van der Waals surface area contributed by atoms with E-state index in [4.69, 9.17) is 0 Å². The highest BCUT2D eigenvalue weighted by Gasteiger charge is 2.21. The van der Waals surface area contributed by atoms with Gasteiger partial charge in [-0.1, -0.05) is 107 Å². The van der Waals surface area contributed by atoms with E-state index in [1.54, 1.807) is 0 Å². The summed E-state index contributed by atoms with van der Waals surface area (Å²) in [5, 5.41) is 0. The zero-order chi connectivity index (χ0) is 20.6. The fourth-order valence-corrected chi connectivity index (χ4v) is 3.64. The molecular formula is C27H38. The average molecular weight is 363 g/mol. The predicted molar refractivity (Wildman–Crippen MR) is 124 cm³/mol. The van der Waals surface area contributed by atoms with Crippen molar-refractivity contribution in [3.8, 4) is 0 Å². The van der Waals surface area contributed by atoms with E-state index in [1.807, 2.05) is 27.7 Å². The van der Waals surface area contributed by atoms with Gasteiger partial charge in [0, 0.05) is 11.8 Å². The molecule has 2 aromatic carbocycles. The van der Waals surface area contributed by atoms with E-state index in [-0.39, 0.29) is 0 Å². The SMILES string of the molecule is CC.CC.CC1=C(C)C(C)c2ccccc21.CC1=Cc2ccccc2C1C. The molecule has 0 nitrogen and oxygen atoms in total. The molecule has 0 radical (unpaired) electrons. The van der Waals surface area contributed by atoms with Crippen LogP contribution in [0.3, 0.4) is 0 Å². The molecule has 2 unspecified atom stereocenters. The monoisotopic (exact) mass is 362 g/mol. The maximum Gasteiger partial charge on any atom is 0.00290 e. The third-order valence-electron chi connectivity index (χ3n) is 5.60. The fourth-order valence-electron chi connectivity index (χ4n) is 3.64. The Morgan fingerprint density at radius 2 is 1.15 bits per heavy atom. The highest BCUT2D eigenvalue weighted by Crippen LogP contribution is 2.40. The van der Waals surface area contributed by atoms with Gasteiger partial charge in [-0.15, -0.1) is 0 Å². The molecule has 0 aromatic heterocycles. The van der Waals surface area contributed by atoms with Gasteiger partial charge in [0.2, 0.25) is 0 Å². The Morgan fingerprint density at radius 1 is 0.630 bits per heavy atom. The van der Waals surface area contributed by atoms with Crippen LogP contribution in [0.1, 0.15) is 96.4 Å². The van der Waals surface area contributed by atoms with Gasteiger partial charge in [-0.3, -0.25) is 0 Å². The lowest BCUT2D eigenvalue weighted by Crippen LogP contribution is -1.88. The first kappa shape index (κ1) is 23.0. The molecule has 2 aromatic rings. The topological polar surface area (TPSA) is 0 Å². The third kappa shape index (κ3) is 5.01. The highest BCUT2D eigenvalue weighted by atomic mass is 14.3. The number of benzene rings is 2. The molecule has 2 atom stereocenters. The molecule has 0 N–H and O–H groups in total. The molecule has 27 heavy (non-hydrogen) atoms. The average Bonchev–Trinajstić information content (AvgIpc) is 3.14. The largest absolute Gasteiger partial charge is 0.0683 e. The normalized spacial score (nSPS) is 18.6. The van der Waals surface area contributed by atoms with Gasteiger partial charge in [-0.2, -0.15) is 0 Å². The second-order valence-corrected chi connectivity index (χ2v) is 6.86. The van der Waals surface area contributed by atoms with Crippen LogP contribution in [-0.4, -0.2) is 0 Å². The van der Waals surface area contributed by atoms with Crippen molar-refractivity contribution in [3.63, 3.8) is 0 Å². The minimum absolute atomic E-state index is 0.626. The summed E-state index contributed by atoms with van der Waals surface area (Å²) in [7, 11) is 0. The number of hydrogen-bond acceptors (Lipinski definition) is 0. The summed E-state index contributed by atoms with van der Waals surface area (Å²) in [6, 6.07) is 17.3. The Bertz CT molecular complexity index is 789. The zero-order valence-electron chi connectivity index (χ0n) is 18.9. The summed E-state index contributed by atoms with van der Waals surface area (Å²) in [6.45, 7) is 19.2. The lowest BCUT2D eigenvalue weighted by atomic mass is 9.99. The standard InChI is InChI=1S/C12H14.C11H12.2C2H6/c1-8-9(2)11-6-4-5-7-12(11)10(8)3;1-8-7-10-5-3-4-6-11(10)9(8)2;2*1-2/h4-7,9H,1-3H3;3-7,9H,1-2H3;2*1-2H3. The van der Waals surface area contributed by atoms with E-state index < -0.39 is 0 Å². The summed E-state index contributed by atoms with van der Waals surface area (Å²) in [6.07, 6.45) is 2.28. The minimum Gasteiger partial charge on any atom is -0.0683 e. The van der Waals surface area contributed by atoms with E-state index in [0.29, 0.717) is 11.8 Å². The van der Waals surface area contributed by atoms with Crippen LogP contribution in [0.2, 0.25) is 0 Å². The Hall–Kier alpha value is -2.08. The van der Waals surface area contributed by atoms with Crippen molar-refractivity contribution < 1.29 is 0 Å². The molecule has 4 rings (SSSR count). The number of hydrogen-bond donors (Lipinski definition) is 0. The van der Waals surface area contributed by atoms with Crippen LogP contribution in [0.25, 0.3) is 11.6 Å². The molecule has 0 spiro atoms. The molecule has 0 saturated carbocycles. The van der Waals surface area contributed by atoms with Crippen LogP contribution in [0.5, 0.6) is 0 Å². The van der Waals surface area contributed by atoms with Crippen molar-refractivity contribution in [1.82, 2.24) is 0 Å². The van der Waals surface area contributed by atoms with Gasteiger partial charge in [-0.05, 0) is 48.6 Å². The smallest absolute Gasteiger partial charge is 0.00290 e. The molecule has 0 fully saturated rings. The maximum absolute atomic E-state index is 2.28. The zero-order valence-corrected chi connectivity index (χ0v) is 18.9. The molecular weight excluding hydrogens is 324 g/mol. The Kier molecular flexibility index (Phi) is 9.29. The van der Waals surface area contributed by atoms with Gasteiger partial charge in [-0.25, -0.2) is 0 Å². The second-order valence-electron chi connectivity index (χ2n) is 6.86. The van der Waals surface area contributed by atoms with Gasteiger partial charge < -0.3 is 0 Å². The van der Waals surface area contributed by atoms with E-state index in [0.717, 1.165) is 0 Å². The van der Waals surface area contributed by atoms with Crippen LogP contribution in [-0.2, 0) is 0 Å². The summed E-state index contributed by atoms with van der Waals surface area (Å²) >= 11 is 0. The summed E-state index contributed by atoms with van der Waals surface area (Å²) < 4.78 is 0. The van der Waals surface area contributed by atoms with Crippen LogP contribution < -0.4 is 0 Å². The first-order chi connectivity index (χ1) is 13.0. The molecule has 146 valence electrons. The Labute approximate surface area is 168 Å². The van der Waals surface area contributed by atoms with Crippen molar-refractivity contribution in [3.05, 3.63) is 81.9 Å². The van der Waals surface area contributed by atoms with Crippen LogP contribution in [0, 0.1) is 0 Å². The molecule has 0 amide bonds. The third-order valence-corrected chi connectivity index (χ3v) is 5.60. The highest BCUT2D eigenvalue weighted by molar-refractivity contribution is 5.76. The van der Waals surface area contributed by atoms with Gasteiger partial charge in [0.1, 0.15) is 0 Å². The first-order valence-corrected chi connectivity index (χ1v) is 10.5. The van der Waals surface area contributed by atoms with E-state index >= 15 is 0 Å². The fraction of sp³-hybridized carbons (Fsp3) is 0.407. The lowest BCUT2D eigenvalue weighted by molar-refractivity contribution is 0.920. The summed E-state index contributed by atoms with van der Waals surface area (Å²) in [5.74, 6) is 1.26. The van der Waals surface area contributed by atoms with Crippen molar-refractivity contribution in [2.24, 2.45) is 0 Å². The van der Waals surface area contributed by atoms with Crippen LogP contribution >= 0.6 is 0 Å². The first-order valence-electron chi connectivity index (χ1n) is 10.5. The second kappa shape index (κ2) is 10.9. The molecule has 2 aliphatic rings. The van der Waals surface area contributed by atoms with Gasteiger partial charge >= 0.3 is 0 Å².